The van der Waals surface area contributed by atoms with Gasteiger partial charge < -0.3 is 10.2 Å². The van der Waals surface area contributed by atoms with E-state index in [1.54, 1.807) is 5.56 Å². The number of benzene rings is 1. The van der Waals surface area contributed by atoms with Crippen LogP contribution in [0.1, 0.15) is 49.8 Å². The molecule has 0 bridgehead atoms. The van der Waals surface area contributed by atoms with Crippen LogP contribution in [0.4, 0.5) is 0 Å². The molecule has 0 saturated carbocycles. The zero-order valence-corrected chi connectivity index (χ0v) is 14.7. The smallest absolute Gasteiger partial charge is 0.0443 e. The van der Waals surface area contributed by atoms with E-state index in [1.165, 1.54) is 24.2 Å². The minimum absolute atomic E-state index is 0.518. The van der Waals surface area contributed by atoms with Gasteiger partial charge in [-0.05, 0) is 50.5 Å². The minimum atomic E-state index is 0.518. The molecule has 0 heterocycles. The third-order valence-electron chi connectivity index (χ3n) is 4.30. The summed E-state index contributed by atoms with van der Waals surface area (Å²) in [6, 6.07) is 9.55. The molecular formula is C18H30N2S. The molecule has 3 heteroatoms. The number of hydrogen-bond acceptors (Lipinski definition) is 3. The molecule has 118 valence electrons. The molecule has 1 aliphatic rings. The van der Waals surface area contributed by atoms with Crippen LogP contribution in [0.25, 0.3) is 0 Å². The van der Waals surface area contributed by atoms with Crippen molar-refractivity contribution in [3.63, 3.8) is 0 Å². The molecule has 2 nitrogen and oxygen atoms in total. The summed E-state index contributed by atoms with van der Waals surface area (Å²) in [6.07, 6.45) is 2.49. The van der Waals surface area contributed by atoms with E-state index in [1.807, 2.05) is 0 Å². The first-order chi connectivity index (χ1) is 10.1. The predicted molar refractivity (Wildman–Crippen MR) is 95.3 cm³/mol. The zero-order chi connectivity index (χ0) is 15.2. The standard InChI is InChI=1S/C18H30N2S/c1-5-10-19-18-16-9-7-6-8-15(16)14(2)13-17(18)21-12-11-20(3)4/h6-9,14,17-19H,5,10-13H2,1-4H3. The van der Waals surface area contributed by atoms with Crippen molar-refractivity contribution in [2.24, 2.45) is 0 Å². The molecule has 0 saturated heterocycles. The van der Waals surface area contributed by atoms with Crippen molar-refractivity contribution >= 4 is 11.8 Å². The molecule has 0 aromatic heterocycles. The first kappa shape index (κ1) is 16.9. The number of rotatable bonds is 7. The van der Waals surface area contributed by atoms with Crippen molar-refractivity contribution in [2.45, 2.75) is 43.9 Å². The van der Waals surface area contributed by atoms with Crippen molar-refractivity contribution in [3.8, 4) is 0 Å². The van der Waals surface area contributed by atoms with Gasteiger partial charge in [0.15, 0.2) is 0 Å². The molecule has 1 aliphatic carbocycles. The van der Waals surface area contributed by atoms with Gasteiger partial charge in [0.05, 0.1) is 0 Å². The van der Waals surface area contributed by atoms with Gasteiger partial charge >= 0.3 is 0 Å². The van der Waals surface area contributed by atoms with Gasteiger partial charge in [0.25, 0.3) is 0 Å². The van der Waals surface area contributed by atoms with Gasteiger partial charge in [0.1, 0.15) is 0 Å². The van der Waals surface area contributed by atoms with Crippen molar-refractivity contribution in [2.75, 3.05) is 32.9 Å². The Morgan fingerprint density at radius 2 is 1.95 bits per heavy atom. The van der Waals surface area contributed by atoms with Gasteiger partial charge in [-0.1, -0.05) is 38.1 Å². The molecule has 0 fully saturated rings. The summed E-state index contributed by atoms with van der Waals surface area (Å²) in [4.78, 5) is 2.28. The van der Waals surface area contributed by atoms with E-state index < -0.39 is 0 Å². The van der Waals surface area contributed by atoms with Crippen molar-refractivity contribution in [1.82, 2.24) is 10.2 Å². The van der Waals surface area contributed by atoms with E-state index in [9.17, 15) is 0 Å². The lowest BCUT2D eigenvalue weighted by molar-refractivity contribution is 0.430. The Morgan fingerprint density at radius 3 is 2.62 bits per heavy atom. The third-order valence-corrected chi connectivity index (χ3v) is 5.62. The fraction of sp³-hybridized carbons (Fsp3) is 0.667. The van der Waals surface area contributed by atoms with Gasteiger partial charge in [-0.2, -0.15) is 11.8 Å². The van der Waals surface area contributed by atoms with Gasteiger partial charge in [-0.25, -0.2) is 0 Å². The highest BCUT2D eigenvalue weighted by atomic mass is 32.2. The van der Waals surface area contributed by atoms with E-state index in [0.717, 1.165) is 13.1 Å². The Labute approximate surface area is 134 Å². The summed E-state index contributed by atoms with van der Waals surface area (Å²) in [5.41, 5.74) is 3.09. The molecule has 2 rings (SSSR count). The summed E-state index contributed by atoms with van der Waals surface area (Å²) >= 11 is 2.15. The lowest BCUT2D eigenvalue weighted by atomic mass is 9.80. The van der Waals surface area contributed by atoms with Gasteiger partial charge in [-0.15, -0.1) is 0 Å². The largest absolute Gasteiger partial charge is 0.309 e. The highest BCUT2D eigenvalue weighted by molar-refractivity contribution is 7.99. The molecular weight excluding hydrogens is 276 g/mol. The molecule has 1 N–H and O–H groups in total. The Hall–Kier alpha value is -0.510. The van der Waals surface area contributed by atoms with E-state index in [2.05, 4.69) is 74.2 Å². The topological polar surface area (TPSA) is 15.3 Å². The predicted octanol–water partition coefficient (Wildman–Crippen LogP) is 3.90. The van der Waals surface area contributed by atoms with E-state index in [0.29, 0.717) is 17.2 Å². The maximum atomic E-state index is 3.80. The van der Waals surface area contributed by atoms with Crippen molar-refractivity contribution in [3.05, 3.63) is 35.4 Å². The summed E-state index contributed by atoms with van der Waals surface area (Å²) < 4.78 is 0. The van der Waals surface area contributed by atoms with Crippen LogP contribution in [0.2, 0.25) is 0 Å². The fourth-order valence-corrected chi connectivity index (χ4v) is 4.78. The highest BCUT2D eigenvalue weighted by Gasteiger charge is 2.32. The van der Waals surface area contributed by atoms with Crippen LogP contribution in [0.15, 0.2) is 24.3 Å². The number of hydrogen-bond donors (Lipinski definition) is 1. The van der Waals surface area contributed by atoms with Crippen LogP contribution in [-0.4, -0.2) is 43.1 Å². The van der Waals surface area contributed by atoms with Crippen LogP contribution < -0.4 is 5.32 Å². The van der Waals surface area contributed by atoms with Crippen molar-refractivity contribution < 1.29 is 0 Å². The average Bonchev–Trinajstić information content (AvgIpc) is 2.46. The van der Waals surface area contributed by atoms with Crippen LogP contribution in [-0.2, 0) is 0 Å². The summed E-state index contributed by atoms with van der Waals surface area (Å²) in [6.45, 7) is 6.91. The maximum absolute atomic E-state index is 3.80. The summed E-state index contributed by atoms with van der Waals surface area (Å²) in [5.74, 6) is 1.90. The van der Waals surface area contributed by atoms with E-state index >= 15 is 0 Å². The van der Waals surface area contributed by atoms with Gasteiger partial charge in [0.2, 0.25) is 0 Å². The quantitative estimate of drug-likeness (QED) is 0.822. The zero-order valence-electron chi connectivity index (χ0n) is 13.9. The number of fused-ring (bicyclic) bond motifs is 1. The number of thioether (sulfide) groups is 1. The van der Waals surface area contributed by atoms with Gasteiger partial charge in [-0.3, -0.25) is 0 Å². The van der Waals surface area contributed by atoms with Crippen LogP contribution >= 0.6 is 11.8 Å². The Balaban J connectivity index is 2.12. The molecule has 0 amide bonds. The minimum Gasteiger partial charge on any atom is -0.309 e. The van der Waals surface area contributed by atoms with E-state index in [-0.39, 0.29) is 0 Å². The third kappa shape index (κ3) is 4.48. The Bertz CT molecular complexity index is 433. The summed E-state index contributed by atoms with van der Waals surface area (Å²) in [7, 11) is 4.32. The monoisotopic (exact) mass is 306 g/mol. The molecule has 3 unspecified atom stereocenters. The highest BCUT2D eigenvalue weighted by Crippen LogP contribution is 2.42. The molecule has 0 aliphatic heterocycles. The Kier molecular flexibility index (Phi) is 6.59. The van der Waals surface area contributed by atoms with Crippen LogP contribution in [0.5, 0.6) is 0 Å². The van der Waals surface area contributed by atoms with Gasteiger partial charge in [0, 0.05) is 23.6 Å². The molecule has 1 aromatic carbocycles. The first-order valence-corrected chi connectivity index (χ1v) is 9.27. The summed E-state index contributed by atoms with van der Waals surface area (Å²) in [5, 5.41) is 4.50. The van der Waals surface area contributed by atoms with Crippen molar-refractivity contribution in [1.29, 1.82) is 0 Å². The van der Waals surface area contributed by atoms with Crippen LogP contribution in [0, 0.1) is 0 Å². The second kappa shape index (κ2) is 8.21. The lowest BCUT2D eigenvalue weighted by Gasteiger charge is -2.37. The molecule has 1 aromatic rings. The maximum Gasteiger partial charge on any atom is 0.0443 e. The molecule has 21 heavy (non-hydrogen) atoms. The number of nitrogens with one attached hydrogen (secondary N) is 1. The molecule has 0 spiro atoms. The average molecular weight is 307 g/mol. The first-order valence-electron chi connectivity index (χ1n) is 8.22. The van der Waals surface area contributed by atoms with Crippen LogP contribution in [0.3, 0.4) is 0 Å². The molecule has 0 radical (unpaired) electrons. The lowest BCUT2D eigenvalue weighted by Crippen LogP contribution is -2.36. The number of nitrogens with zero attached hydrogens (tertiary/aromatic N) is 1. The molecule has 3 atom stereocenters. The second-order valence-electron chi connectivity index (χ2n) is 6.41. The second-order valence-corrected chi connectivity index (χ2v) is 7.76. The Morgan fingerprint density at radius 1 is 1.24 bits per heavy atom. The fourth-order valence-electron chi connectivity index (χ4n) is 3.15. The van der Waals surface area contributed by atoms with E-state index in [4.69, 9.17) is 0 Å². The SMILES string of the molecule is CCCNC1c2ccccc2C(C)CC1SCCN(C)C. The normalized spacial score (nSPS) is 25.1.